The number of carbonyl (C=O) groups excluding carboxylic acids is 2. The Kier molecular flexibility index (Phi) is 5.56. The fraction of sp³-hybridized carbons (Fsp3) is 0.292. The van der Waals surface area contributed by atoms with Crippen LogP contribution in [-0.4, -0.2) is 22.8 Å². The molecule has 1 heterocycles. The minimum absolute atomic E-state index is 0.162. The summed E-state index contributed by atoms with van der Waals surface area (Å²) in [5, 5.41) is 7.85. The Morgan fingerprint density at radius 1 is 0.966 bits per heavy atom. The predicted molar refractivity (Wildman–Crippen MR) is 115 cm³/mol. The molecular weight excluding hydrogens is 362 g/mol. The molecule has 148 valence electrons. The third-order valence-corrected chi connectivity index (χ3v) is 5.58. The number of anilines is 1. The molecule has 2 atom stereocenters. The third kappa shape index (κ3) is 4.29. The van der Waals surface area contributed by atoms with E-state index in [1.165, 1.54) is 6.42 Å². The molecule has 0 aliphatic heterocycles. The first-order chi connectivity index (χ1) is 14.1. The second-order valence-corrected chi connectivity index (χ2v) is 7.82. The fourth-order valence-corrected chi connectivity index (χ4v) is 4.12. The van der Waals surface area contributed by atoms with Crippen LogP contribution in [0.5, 0.6) is 0 Å². The minimum Gasteiger partial charge on any atom is -0.348 e. The van der Waals surface area contributed by atoms with Crippen molar-refractivity contribution in [1.29, 1.82) is 0 Å². The summed E-state index contributed by atoms with van der Waals surface area (Å²) in [5.41, 5.74) is 1.24. The highest BCUT2D eigenvalue weighted by atomic mass is 16.2. The maximum absolute atomic E-state index is 13.0. The van der Waals surface area contributed by atoms with Gasteiger partial charge in [0.05, 0.1) is 5.69 Å². The Morgan fingerprint density at radius 3 is 2.66 bits per heavy atom. The third-order valence-electron chi connectivity index (χ3n) is 5.58. The van der Waals surface area contributed by atoms with Gasteiger partial charge in [0.15, 0.2) is 5.69 Å². The van der Waals surface area contributed by atoms with Gasteiger partial charge in [-0.1, -0.05) is 56.2 Å². The first-order valence-electron chi connectivity index (χ1n) is 10.2. The molecule has 1 saturated carbocycles. The summed E-state index contributed by atoms with van der Waals surface area (Å²) in [5.74, 6) is 0.122. The van der Waals surface area contributed by atoms with Crippen LogP contribution < -0.4 is 10.6 Å². The van der Waals surface area contributed by atoms with Crippen molar-refractivity contribution in [3.8, 4) is 0 Å². The fourth-order valence-electron chi connectivity index (χ4n) is 4.12. The normalized spacial score (nSPS) is 18.9. The largest absolute Gasteiger partial charge is 0.348 e. The van der Waals surface area contributed by atoms with E-state index >= 15 is 0 Å². The molecule has 1 aliphatic rings. The van der Waals surface area contributed by atoms with Crippen LogP contribution in [-0.2, 0) is 0 Å². The van der Waals surface area contributed by atoms with Crippen LogP contribution in [0.2, 0.25) is 0 Å². The van der Waals surface area contributed by atoms with E-state index in [0.717, 1.165) is 30.0 Å². The summed E-state index contributed by atoms with van der Waals surface area (Å²) in [4.78, 5) is 30.1. The number of amides is 2. The lowest BCUT2D eigenvalue weighted by molar-refractivity contribution is 0.0917. The molecule has 2 amide bonds. The summed E-state index contributed by atoms with van der Waals surface area (Å²) in [7, 11) is 0. The van der Waals surface area contributed by atoms with Gasteiger partial charge >= 0.3 is 0 Å². The SMILES string of the molecule is CC1CCCC(NC(=O)c2ncccc2NC(=O)c2cccc3ccccc23)C1. The minimum atomic E-state index is -0.255. The number of hydrogen-bond acceptors (Lipinski definition) is 3. The molecule has 1 aliphatic carbocycles. The van der Waals surface area contributed by atoms with Crippen molar-refractivity contribution in [2.75, 3.05) is 5.32 Å². The van der Waals surface area contributed by atoms with E-state index in [0.29, 0.717) is 17.2 Å². The molecule has 1 aromatic heterocycles. The highest BCUT2D eigenvalue weighted by Crippen LogP contribution is 2.25. The van der Waals surface area contributed by atoms with E-state index in [1.807, 2.05) is 36.4 Å². The molecule has 2 N–H and O–H groups in total. The molecular formula is C24H25N3O2. The van der Waals surface area contributed by atoms with E-state index in [-0.39, 0.29) is 23.6 Å². The van der Waals surface area contributed by atoms with Gasteiger partial charge in [-0.05, 0) is 47.7 Å². The van der Waals surface area contributed by atoms with Gasteiger partial charge in [-0.15, -0.1) is 0 Å². The van der Waals surface area contributed by atoms with Crippen molar-refractivity contribution in [1.82, 2.24) is 10.3 Å². The lowest BCUT2D eigenvalue weighted by Crippen LogP contribution is -2.38. The van der Waals surface area contributed by atoms with E-state index in [1.54, 1.807) is 24.4 Å². The van der Waals surface area contributed by atoms with Crippen LogP contribution in [0.15, 0.2) is 60.8 Å². The Hall–Kier alpha value is -3.21. The summed E-state index contributed by atoms with van der Waals surface area (Å²) in [6, 6.07) is 17.0. The van der Waals surface area contributed by atoms with E-state index in [2.05, 4.69) is 22.5 Å². The number of fused-ring (bicyclic) bond motifs is 1. The zero-order chi connectivity index (χ0) is 20.2. The number of hydrogen-bond donors (Lipinski definition) is 2. The molecule has 29 heavy (non-hydrogen) atoms. The topological polar surface area (TPSA) is 71.1 Å². The van der Waals surface area contributed by atoms with Gasteiger partial charge in [-0.3, -0.25) is 9.59 Å². The molecule has 5 heteroatoms. The summed E-state index contributed by atoms with van der Waals surface area (Å²) >= 11 is 0. The first-order valence-corrected chi connectivity index (χ1v) is 10.2. The van der Waals surface area contributed by atoms with Crippen LogP contribution in [0.4, 0.5) is 5.69 Å². The smallest absolute Gasteiger partial charge is 0.272 e. The van der Waals surface area contributed by atoms with Crippen molar-refractivity contribution in [3.63, 3.8) is 0 Å². The highest BCUT2D eigenvalue weighted by molar-refractivity contribution is 6.14. The van der Waals surface area contributed by atoms with Crippen molar-refractivity contribution < 1.29 is 9.59 Å². The predicted octanol–water partition coefficient (Wildman–Crippen LogP) is 4.80. The van der Waals surface area contributed by atoms with Crippen molar-refractivity contribution in [2.24, 2.45) is 5.92 Å². The van der Waals surface area contributed by atoms with Crippen LogP contribution in [0.25, 0.3) is 10.8 Å². The molecule has 0 radical (unpaired) electrons. The average molecular weight is 387 g/mol. The van der Waals surface area contributed by atoms with Gasteiger partial charge in [-0.2, -0.15) is 0 Å². The molecule has 2 unspecified atom stereocenters. The van der Waals surface area contributed by atoms with Gasteiger partial charge in [0.25, 0.3) is 11.8 Å². The van der Waals surface area contributed by atoms with E-state index < -0.39 is 0 Å². The number of aromatic nitrogens is 1. The standard InChI is InChI=1S/C24H25N3O2/c1-16-7-4-10-18(15-16)26-24(29)22-21(13-6-14-25-22)27-23(28)20-12-5-9-17-8-2-3-11-19(17)20/h2-3,5-6,8-9,11-14,16,18H,4,7,10,15H2,1H3,(H,26,29)(H,27,28). The Balaban J connectivity index is 1.55. The Labute approximate surface area is 170 Å². The van der Waals surface area contributed by atoms with Crippen LogP contribution in [0, 0.1) is 5.92 Å². The van der Waals surface area contributed by atoms with Crippen molar-refractivity contribution in [3.05, 3.63) is 72.1 Å². The van der Waals surface area contributed by atoms with E-state index in [4.69, 9.17) is 0 Å². The lowest BCUT2D eigenvalue weighted by Gasteiger charge is -2.27. The average Bonchev–Trinajstić information content (AvgIpc) is 2.73. The van der Waals surface area contributed by atoms with Crippen LogP contribution >= 0.6 is 0 Å². The number of rotatable bonds is 4. The maximum Gasteiger partial charge on any atom is 0.272 e. The highest BCUT2D eigenvalue weighted by Gasteiger charge is 2.23. The number of nitrogens with zero attached hydrogens (tertiary/aromatic N) is 1. The maximum atomic E-state index is 13.0. The Bertz CT molecular complexity index is 1040. The van der Waals surface area contributed by atoms with Gasteiger partial charge < -0.3 is 10.6 Å². The molecule has 3 aromatic rings. The zero-order valence-electron chi connectivity index (χ0n) is 16.5. The number of benzene rings is 2. The van der Waals surface area contributed by atoms with Gasteiger partial charge in [-0.25, -0.2) is 4.98 Å². The summed E-state index contributed by atoms with van der Waals surface area (Å²) < 4.78 is 0. The summed E-state index contributed by atoms with van der Waals surface area (Å²) in [6.07, 6.45) is 5.88. The van der Waals surface area contributed by atoms with Crippen molar-refractivity contribution >= 4 is 28.3 Å². The van der Waals surface area contributed by atoms with Crippen molar-refractivity contribution in [2.45, 2.75) is 38.6 Å². The van der Waals surface area contributed by atoms with Gasteiger partial charge in [0, 0.05) is 17.8 Å². The molecule has 2 aromatic carbocycles. The first kappa shape index (κ1) is 19.1. The molecule has 5 nitrogen and oxygen atoms in total. The number of carbonyl (C=O) groups is 2. The zero-order valence-corrected chi connectivity index (χ0v) is 16.5. The monoisotopic (exact) mass is 387 g/mol. The second-order valence-electron chi connectivity index (χ2n) is 7.82. The Morgan fingerprint density at radius 2 is 1.79 bits per heavy atom. The van der Waals surface area contributed by atoms with Gasteiger partial charge in [0.1, 0.15) is 0 Å². The van der Waals surface area contributed by atoms with Crippen LogP contribution in [0.1, 0.15) is 53.5 Å². The van der Waals surface area contributed by atoms with Gasteiger partial charge in [0.2, 0.25) is 0 Å². The number of pyridine rings is 1. The second kappa shape index (κ2) is 8.43. The lowest BCUT2D eigenvalue weighted by atomic mass is 9.87. The van der Waals surface area contributed by atoms with Crippen LogP contribution in [0.3, 0.4) is 0 Å². The number of nitrogens with one attached hydrogen (secondary N) is 2. The molecule has 4 rings (SSSR count). The summed E-state index contributed by atoms with van der Waals surface area (Å²) in [6.45, 7) is 2.22. The molecule has 0 spiro atoms. The molecule has 0 bridgehead atoms. The quantitative estimate of drug-likeness (QED) is 0.676. The van der Waals surface area contributed by atoms with E-state index in [9.17, 15) is 9.59 Å². The molecule has 0 saturated heterocycles. The molecule has 1 fully saturated rings.